The molecule has 1 aliphatic rings. The van der Waals surface area contributed by atoms with Crippen molar-refractivity contribution in [3.63, 3.8) is 0 Å². The molecule has 0 saturated heterocycles. The minimum Gasteiger partial charge on any atom is -0.503 e. The van der Waals surface area contributed by atoms with Crippen molar-refractivity contribution in [2.45, 2.75) is 6.04 Å². The number of rotatable bonds is 7. The molecule has 28 heavy (non-hydrogen) atoms. The van der Waals surface area contributed by atoms with Crippen LogP contribution in [-0.2, 0) is 9.59 Å². The molecule has 1 aromatic heterocycles. The zero-order chi connectivity index (χ0) is 20.1. The van der Waals surface area contributed by atoms with Gasteiger partial charge in [0.25, 0.3) is 5.91 Å². The van der Waals surface area contributed by atoms with Crippen molar-refractivity contribution in [1.29, 1.82) is 0 Å². The number of benzene rings is 1. The van der Waals surface area contributed by atoms with Gasteiger partial charge in [-0.3, -0.25) is 14.6 Å². The highest BCUT2D eigenvalue weighted by Gasteiger charge is 2.42. The number of hydrogen-bond donors (Lipinski definition) is 1. The van der Waals surface area contributed by atoms with Crippen molar-refractivity contribution in [2.24, 2.45) is 0 Å². The molecule has 1 aromatic carbocycles. The van der Waals surface area contributed by atoms with Crippen molar-refractivity contribution in [3.8, 4) is 0 Å². The Bertz CT molecular complexity index is 905. The number of likely N-dealkylation sites (N-methyl/N-ethyl adjacent to an activating group) is 1. The van der Waals surface area contributed by atoms with E-state index in [2.05, 4.69) is 4.98 Å². The Labute approximate surface area is 164 Å². The molecular formula is C22H23N3O3. The first-order chi connectivity index (χ1) is 13.5. The standard InChI is InChI=1S/C22H23N3O3/c1-24(2)13-14-25-20(17-9-6-12-23-15-17)19(21(27)22(25)28)18(26)11-10-16-7-4-3-5-8-16/h3-12,15,20,27H,13-14H2,1-2H3. The first-order valence-electron chi connectivity index (χ1n) is 9.05. The number of aromatic nitrogens is 1. The Morgan fingerprint density at radius 2 is 1.96 bits per heavy atom. The lowest BCUT2D eigenvalue weighted by Crippen LogP contribution is -2.36. The predicted molar refractivity (Wildman–Crippen MR) is 107 cm³/mol. The zero-order valence-electron chi connectivity index (χ0n) is 15.9. The van der Waals surface area contributed by atoms with Gasteiger partial charge in [0, 0.05) is 25.5 Å². The van der Waals surface area contributed by atoms with Gasteiger partial charge in [-0.1, -0.05) is 42.5 Å². The van der Waals surface area contributed by atoms with Gasteiger partial charge in [0.15, 0.2) is 11.5 Å². The summed E-state index contributed by atoms with van der Waals surface area (Å²) in [6.45, 7) is 0.992. The topological polar surface area (TPSA) is 73.7 Å². The molecule has 2 heterocycles. The highest BCUT2D eigenvalue weighted by atomic mass is 16.3. The van der Waals surface area contributed by atoms with Crippen molar-refractivity contribution < 1.29 is 14.7 Å². The van der Waals surface area contributed by atoms with Crippen molar-refractivity contribution >= 4 is 17.8 Å². The summed E-state index contributed by atoms with van der Waals surface area (Å²) in [5, 5.41) is 10.5. The molecule has 0 bridgehead atoms. The molecule has 1 unspecified atom stereocenters. The van der Waals surface area contributed by atoms with Crippen LogP contribution in [-0.4, -0.2) is 58.8 Å². The smallest absolute Gasteiger partial charge is 0.290 e. The van der Waals surface area contributed by atoms with Gasteiger partial charge in [0.05, 0.1) is 11.6 Å². The normalized spacial score (nSPS) is 17.2. The van der Waals surface area contributed by atoms with Gasteiger partial charge < -0.3 is 14.9 Å². The van der Waals surface area contributed by atoms with Gasteiger partial charge in [0.2, 0.25) is 0 Å². The Kier molecular flexibility index (Phi) is 6.01. The van der Waals surface area contributed by atoms with Gasteiger partial charge in [-0.2, -0.15) is 0 Å². The van der Waals surface area contributed by atoms with Crippen LogP contribution in [0.3, 0.4) is 0 Å². The molecule has 0 fully saturated rings. The number of nitrogens with zero attached hydrogens (tertiary/aromatic N) is 3. The third kappa shape index (κ3) is 4.18. The maximum Gasteiger partial charge on any atom is 0.290 e. The SMILES string of the molecule is CN(C)CCN1C(=O)C(O)=C(C(=O)C=Cc2ccccc2)C1c1cccnc1. The molecule has 144 valence electrons. The second-order valence-corrected chi connectivity index (χ2v) is 6.86. The third-order valence-electron chi connectivity index (χ3n) is 4.58. The average molecular weight is 377 g/mol. The molecule has 6 nitrogen and oxygen atoms in total. The van der Waals surface area contributed by atoms with Gasteiger partial charge >= 0.3 is 0 Å². The monoisotopic (exact) mass is 377 g/mol. The Balaban J connectivity index is 1.95. The lowest BCUT2D eigenvalue weighted by atomic mass is 9.96. The molecule has 1 N–H and O–H groups in total. The zero-order valence-corrected chi connectivity index (χ0v) is 15.9. The molecular weight excluding hydrogens is 354 g/mol. The summed E-state index contributed by atoms with van der Waals surface area (Å²) in [6.07, 6.45) is 6.32. The minimum atomic E-state index is -0.658. The van der Waals surface area contributed by atoms with E-state index in [1.807, 2.05) is 49.3 Å². The fourth-order valence-electron chi connectivity index (χ4n) is 3.15. The minimum absolute atomic E-state index is 0.0870. The number of allylic oxidation sites excluding steroid dienone is 1. The summed E-state index contributed by atoms with van der Waals surface area (Å²) < 4.78 is 0. The van der Waals surface area contributed by atoms with Gasteiger partial charge in [-0.05, 0) is 37.4 Å². The first-order valence-corrected chi connectivity index (χ1v) is 9.05. The molecule has 2 aromatic rings. The molecule has 6 heteroatoms. The van der Waals surface area contributed by atoms with Gasteiger partial charge in [-0.15, -0.1) is 0 Å². The number of aliphatic hydroxyl groups excluding tert-OH is 1. The van der Waals surface area contributed by atoms with E-state index in [1.54, 1.807) is 30.6 Å². The number of ketones is 1. The number of aliphatic hydroxyl groups is 1. The van der Waals surface area contributed by atoms with Gasteiger partial charge in [-0.25, -0.2) is 0 Å². The summed E-state index contributed by atoms with van der Waals surface area (Å²) in [4.78, 5) is 33.2. The Hall–Kier alpha value is -3.25. The van der Waals surface area contributed by atoms with E-state index >= 15 is 0 Å². The molecule has 3 rings (SSSR count). The van der Waals surface area contributed by atoms with Crippen molar-refractivity contribution in [1.82, 2.24) is 14.8 Å². The lowest BCUT2D eigenvalue weighted by molar-refractivity contribution is -0.129. The summed E-state index contributed by atoms with van der Waals surface area (Å²) >= 11 is 0. The number of pyridine rings is 1. The van der Waals surface area contributed by atoms with E-state index in [4.69, 9.17) is 0 Å². The van der Waals surface area contributed by atoms with E-state index in [-0.39, 0.29) is 5.57 Å². The van der Waals surface area contributed by atoms with Crippen LogP contribution in [0.25, 0.3) is 6.08 Å². The van der Waals surface area contributed by atoms with Gasteiger partial charge in [0.1, 0.15) is 0 Å². The highest BCUT2D eigenvalue weighted by Crippen LogP contribution is 2.37. The maximum absolute atomic E-state index is 12.9. The number of carbonyl (C=O) groups is 2. The van der Waals surface area contributed by atoms with E-state index < -0.39 is 23.5 Å². The van der Waals surface area contributed by atoms with E-state index in [0.29, 0.717) is 18.7 Å². The molecule has 1 aliphatic heterocycles. The predicted octanol–water partition coefficient (Wildman–Crippen LogP) is 2.62. The van der Waals surface area contributed by atoms with Crippen molar-refractivity contribution in [2.75, 3.05) is 27.2 Å². The lowest BCUT2D eigenvalue weighted by Gasteiger charge is -2.27. The van der Waals surface area contributed by atoms with E-state index in [1.165, 1.54) is 11.0 Å². The first kappa shape index (κ1) is 19.5. The van der Waals surface area contributed by atoms with Crippen LogP contribution >= 0.6 is 0 Å². The molecule has 0 saturated carbocycles. The number of carbonyl (C=O) groups excluding carboxylic acids is 2. The van der Waals surface area contributed by atoms with Crippen LogP contribution < -0.4 is 0 Å². The highest BCUT2D eigenvalue weighted by molar-refractivity contribution is 6.14. The maximum atomic E-state index is 12.9. The molecule has 0 aliphatic carbocycles. The Morgan fingerprint density at radius 1 is 1.21 bits per heavy atom. The van der Waals surface area contributed by atoms with Crippen LogP contribution in [0.4, 0.5) is 0 Å². The molecule has 0 radical (unpaired) electrons. The Morgan fingerprint density at radius 3 is 2.61 bits per heavy atom. The molecule has 1 amide bonds. The third-order valence-corrected chi connectivity index (χ3v) is 4.58. The van der Waals surface area contributed by atoms with E-state index in [9.17, 15) is 14.7 Å². The van der Waals surface area contributed by atoms with Crippen LogP contribution in [0.2, 0.25) is 0 Å². The quantitative estimate of drug-likeness (QED) is 0.751. The fourth-order valence-corrected chi connectivity index (χ4v) is 3.15. The molecule has 1 atom stereocenters. The van der Waals surface area contributed by atoms with Crippen molar-refractivity contribution in [3.05, 3.63) is 83.4 Å². The fraction of sp³-hybridized carbons (Fsp3) is 0.227. The van der Waals surface area contributed by atoms with Crippen LogP contribution in [0, 0.1) is 0 Å². The number of amides is 1. The number of hydrogen-bond acceptors (Lipinski definition) is 5. The van der Waals surface area contributed by atoms with Crippen LogP contribution in [0.15, 0.2) is 72.3 Å². The molecule has 0 spiro atoms. The summed E-state index contributed by atoms with van der Waals surface area (Å²) in [7, 11) is 3.81. The average Bonchev–Trinajstić information content (AvgIpc) is 2.96. The summed E-state index contributed by atoms with van der Waals surface area (Å²) in [5.41, 5.74) is 1.64. The van der Waals surface area contributed by atoms with Crippen LogP contribution in [0.5, 0.6) is 0 Å². The second kappa shape index (κ2) is 8.63. The van der Waals surface area contributed by atoms with E-state index in [0.717, 1.165) is 5.56 Å². The second-order valence-electron chi connectivity index (χ2n) is 6.86. The largest absolute Gasteiger partial charge is 0.503 e. The summed E-state index contributed by atoms with van der Waals surface area (Å²) in [6, 6.07) is 12.3. The van der Waals surface area contributed by atoms with Crippen LogP contribution in [0.1, 0.15) is 17.2 Å². The summed E-state index contributed by atoms with van der Waals surface area (Å²) in [5.74, 6) is -1.42.